The molecule has 0 unspecified atom stereocenters. The van der Waals surface area contributed by atoms with Gasteiger partial charge in [-0.05, 0) is 12.8 Å². The first-order valence-corrected chi connectivity index (χ1v) is 9.48. The molecule has 0 amide bonds. The summed E-state index contributed by atoms with van der Waals surface area (Å²) in [5.41, 5.74) is 0. The van der Waals surface area contributed by atoms with Gasteiger partial charge < -0.3 is 10.6 Å². The molecular formula is C12H23N5O2S2. The summed E-state index contributed by atoms with van der Waals surface area (Å²) in [6.45, 7) is 3.79. The molecule has 0 bridgehead atoms. The number of aryl methyl sites for hydroxylation is 1. The topological polar surface area (TPSA) is 95.5 Å². The van der Waals surface area contributed by atoms with Gasteiger partial charge in [-0.15, -0.1) is 11.3 Å². The summed E-state index contributed by atoms with van der Waals surface area (Å²) in [6, 6.07) is 0. The number of aliphatic imine (C=N–C) groups is 1. The van der Waals surface area contributed by atoms with Crippen LogP contribution in [0.15, 0.2) is 11.2 Å². The van der Waals surface area contributed by atoms with E-state index < -0.39 is 10.0 Å². The van der Waals surface area contributed by atoms with Gasteiger partial charge in [0.1, 0.15) is 5.01 Å². The van der Waals surface area contributed by atoms with Crippen LogP contribution < -0.4 is 15.4 Å². The van der Waals surface area contributed by atoms with Crippen molar-refractivity contribution in [2.75, 3.05) is 26.4 Å². The van der Waals surface area contributed by atoms with Crippen molar-refractivity contribution in [3.63, 3.8) is 0 Å². The minimum atomic E-state index is -3.11. The maximum absolute atomic E-state index is 10.9. The zero-order valence-electron chi connectivity index (χ0n) is 12.6. The third-order valence-corrected chi connectivity index (χ3v) is 4.46. The molecule has 120 valence electrons. The van der Waals surface area contributed by atoms with Gasteiger partial charge >= 0.3 is 0 Å². The van der Waals surface area contributed by atoms with Crippen LogP contribution in [0, 0.1) is 0 Å². The van der Waals surface area contributed by atoms with Crippen molar-refractivity contribution in [3.05, 3.63) is 16.1 Å². The van der Waals surface area contributed by atoms with Crippen LogP contribution in [0.2, 0.25) is 0 Å². The second-order valence-corrected chi connectivity index (χ2v) is 7.48. The number of nitrogens with one attached hydrogen (secondary N) is 3. The number of nitrogens with zero attached hydrogens (tertiary/aromatic N) is 2. The summed E-state index contributed by atoms with van der Waals surface area (Å²) in [4.78, 5) is 9.70. The van der Waals surface area contributed by atoms with Crippen molar-refractivity contribution in [3.8, 4) is 0 Å². The van der Waals surface area contributed by atoms with E-state index in [4.69, 9.17) is 0 Å². The quantitative estimate of drug-likeness (QED) is 0.361. The number of thiazole rings is 1. The van der Waals surface area contributed by atoms with E-state index >= 15 is 0 Å². The van der Waals surface area contributed by atoms with E-state index in [1.54, 1.807) is 18.4 Å². The molecule has 1 aromatic rings. The SMILES string of the molecule is CCc1cnc(CNC(=NC)NCCCNS(C)(=O)=O)s1. The van der Waals surface area contributed by atoms with Crippen molar-refractivity contribution >= 4 is 27.3 Å². The molecule has 0 radical (unpaired) electrons. The molecule has 1 aromatic heterocycles. The lowest BCUT2D eigenvalue weighted by Gasteiger charge is -2.10. The maximum atomic E-state index is 10.9. The molecule has 0 atom stereocenters. The normalized spacial score (nSPS) is 12.4. The fraction of sp³-hybridized carbons (Fsp3) is 0.667. The fourth-order valence-corrected chi connectivity index (χ4v) is 2.84. The van der Waals surface area contributed by atoms with Gasteiger partial charge in [-0.1, -0.05) is 6.92 Å². The van der Waals surface area contributed by atoms with Crippen LogP contribution in [0.1, 0.15) is 23.2 Å². The summed E-state index contributed by atoms with van der Waals surface area (Å²) >= 11 is 1.69. The largest absolute Gasteiger partial charge is 0.356 e. The van der Waals surface area contributed by atoms with E-state index in [0.717, 1.165) is 17.7 Å². The number of guanidine groups is 1. The molecule has 9 heteroatoms. The Morgan fingerprint density at radius 3 is 2.71 bits per heavy atom. The molecule has 0 spiro atoms. The number of rotatable bonds is 8. The standard InChI is InChI=1S/C12H23N5O2S2/c1-4-10-8-15-11(20-10)9-16-12(13-2)14-6-5-7-17-21(3,18)19/h8,17H,4-7,9H2,1-3H3,(H2,13,14,16). The van der Waals surface area contributed by atoms with Gasteiger partial charge in [0, 0.05) is 31.2 Å². The number of hydrogen-bond donors (Lipinski definition) is 3. The van der Waals surface area contributed by atoms with E-state index in [1.807, 2.05) is 6.20 Å². The highest BCUT2D eigenvalue weighted by Gasteiger charge is 2.03. The third kappa shape index (κ3) is 7.98. The van der Waals surface area contributed by atoms with Crippen molar-refractivity contribution < 1.29 is 8.42 Å². The molecule has 1 rings (SSSR count). The Balaban J connectivity index is 2.23. The van der Waals surface area contributed by atoms with Crippen LogP contribution in [0.25, 0.3) is 0 Å². The highest BCUT2D eigenvalue weighted by Crippen LogP contribution is 2.12. The van der Waals surface area contributed by atoms with Gasteiger partial charge in [0.05, 0.1) is 12.8 Å². The Morgan fingerprint density at radius 1 is 1.38 bits per heavy atom. The lowest BCUT2D eigenvalue weighted by molar-refractivity contribution is 0.584. The first kappa shape index (κ1) is 17.9. The highest BCUT2D eigenvalue weighted by atomic mass is 32.2. The molecular weight excluding hydrogens is 310 g/mol. The fourth-order valence-electron chi connectivity index (χ4n) is 1.53. The van der Waals surface area contributed by atoms with Crippen LogP contribution in [0.4, 0.5) is 0 Å². The van der Waals surface area contributed by atoms with E-state index in [1.165, 1.54) is 4.88 Å². The predicted octanol–water partition coefficient (Wildman–Crippen LogP) is 0.310. The second-order valence-electron chi connectivity index (χ2n) is 4.45. The van der Waals surface area contributed by atoms with Gasteiger partial charge in [0.2, 0.25) is 10.0 Å². The smallest absolute Gasteiger partial charge is 0.208 e. The average Bonchev–Trinajstić information content (AvgIpc) is 2.88. The molecule has 0 fully saturated rings. The van der Waals surface area contributed by atoms with E-state index in [-0.39, 0.29) is 0 Å². The van der Waals surface area contributed by atoms with E-state index in [0.29, 0.717) is 32.0 Å². The highest BCUT2D eigenvalue weighted by molar-refractivity contribution is 7.88. The van der Waals surface area contributed by atoms with Crippen LogP contribution in [-0.2, 0) is 23.0 Å². The molecule has 0 aromatic carbocycles. The first-order valence-electron chi connectivity index (χ1n) is 6.77. The van der Waals surface area contributed by atoms with Gasteiger partial charge in [0.15, 0.2) is 5.96 Å². The van der Waals surface area contributed by atoms with Gasteiger partial charge in [-0.25, -0.2) is 18.1 Å². The summed E-state index contributed by atoms with van der Waals surface area (Å²) in [6.07, 6.45) is 4.73. The van der Waals surface area contributed by atoms with Gasteiger partial charge in [-0.3, -0.25) is 4.99 Å². The average molecular weight is 333 g/mol. The van der Waals surface area contributed by atoms with E-state index in [2.05, 4.69) is 32.3 Å². The summed E-state index contributed by atoms with van der Waals surface area (Å²) in [5.74, 6) is 0.683. The summed E-state index contributed by atoms with van der Waals surface area (Å²) in [5, 5.41) is 7.33. The summed E-state index contributed by atoms with van der Waals surface area (Å²) < 4.78 is 24.2. The van der Waals surface area contributed by atoms with Crippen molar-refractivity contribution in [2.24, 2.45) is 4.99 Å². The van der Waals surface area contributed by atoms with Crippen LogP contribution >= 0.6 is 11.3 Å². The molecule has 0 saturated heterocycles. The minimum absolute atomic E-state index is 0.412. The van der Waals surface area contributed by atoms with Gasteiger partial charge in [-0.2, -0.15) is 0 Å². The van der Waals surface area contributed by atoms with Crippen molar-refractivity contribution in [2.45, 2.75) is 26.3 Å². The van der Waals surface area contributed by atoms with E-state index in [9.17, 15) is 8.42 Å². The lowest BCUT2D eigenvalue weighted by atomic mass is 10.4. The number of hydrogen-bond acceptors (Lipinski definition) is 5. The second kappa shape index (κ2) is 8.96. The summed E-state index contributed by atoms with van der Waals surface area (Å²) in [7, 11) is -1.41. The lowest BCUT2D eigenvalue weighted by Crippen LogP contribution is -2.38. The molecule has 0 aliphatic heterocycles. The molecule has 0 saturated carbocycles. The van der Waals surface area contributed by atoms with Crippen LogP contribution in [-0.4, -0.2) is 45.8 Å². The van der Waals surface area contributed by atoms with Gasteiger partial charge in [0.25, 0.3) is 0 Å². The predicted molar refractivity (Wildman–Crippen MR) is 87.2 cm³/mol. The molecule has 0 aliphatic rings. The Hall–Kier alpha value is -1.19. The Kier molecular flexibility index (Phi) is 7.62. The Labute approximate surface area is 130 Å². The Bertz CT molecular complexity index is 554. The monoisotopic (exact) mass is 333 g/mol. The minimum Gasteiger partial charge on any atom is -0.356 e. The molecule has 1 heterocycles. The molecule has 3 N–H and O–H groups in total. The Morgan fingerprint density at radius 2 is 2.14 bits per heavy atom. The first-order chi connectivity index (χ1) is 9.94. The molecule has 0 aliphatic carbocycles. The number of aromatic nitrogens is 1. The maximum Gasteiger partial charge on any atom is 0.208 e. The van der Waals surface area contributed by atoms with Crippen molar-refractivity contribution in [1.82, 2.24) is 20.3 Å². The number of sulfonamides is 1. The molecule has 7 nitrogen and oxygen atoms in total. The zero-order chi connectivity index (χ0) is 15.7. The molecule has 21 heavy (non-hydrogen) atoms. The third-order valence-electron chi connectivity index (χ3n) is 2.59. The zero-order valence-corrected chi connectivity index (χ0v) is 14.3. The van der Waals surface area contributed by atoms with Crippen LogP contribution in [0.3, 0.4) is 0 Å². The van der Waals surface area contributed by atoms with Crippen LogP contribution in [0.5, 0.6) is 0 Å². The van der Waals surface area contributed by atoms with Crippen molar-refractivity contribution in [1.29, 1.82) is 0 Å².